The van der Waals surface area contributed by atoms with E-state index in [-0.39, 0.29) is 23.9 Å². The van der Waals surface area contributed by atoms with Gasteiger partial charge in [-0.3, -0.25) is 9.59 Å². The van der Waals surface area contributed by atoms with Crippen LogP contribution in [0.1, 0.15) is 48.9 Å². The molecule has 0 amide bonds. The van der Waals surface area contributed by atoms with E-state index in [1.54, 1.807) is 12.1 Å². The Hall–Kier alpha value is -1.44. The molecule has 0 unspecified atom stereocenters. The van der Waals surface area contributed by atoms with Crippen molar-refractivity contribution in [3.8, 4) is 0 Å². The molecule has 1 aliphatic rings. The molecular weight excluding hydrogens is 212 g/mol. The van der Waals surface area contributed by atoms with Crippen molar-refractivity contribution in [2.24, 2.45) is 5.92 Å². The van der Waals surface area contributed by atoms with Gasteiger partial charge in [-0.2, -0.15) is 0 Å². The lowest BCUT2D eigenvalue weighted by Crippen LogP contribution is -2.20. The van der Waals surface area contributed by atoms with Crippen molar-refractivity contribution in [2.45, 2.75) is 38.5 Å². The van der Waals surface area contributed by atoms with Crippen LogP contribution in [0, 0.1) is 5.92 Å². The van der Waals surface area contributed by atoms with E-state index < -0.39 is 0 Å². The zero-order valence-electron chi connectivity index (χ0n) is 10.0. The zero-order valence-corrected chi connectivity index (χ0v) is 10.0. The van der Waals surface area contributed by atoms with Crippen molar-refractivity contribution in [2.75, 3.05) is 0 Å². The Morgan fingerprint density at radius 1 is 1.00 bits per heavy atom. The van der Waals surface area contributed by atoms with E-state index in [2.05, 4.69) is 0 Å². The number of carbonyl (C=O) groups excluding carboxylic acids is 2. The molecule has 0 spiro atoms. The van der Waals surface area contributed by atoms with Crippen molar-refractivity contribution in [1.29, 1.82) is 0 Å². The van der Waals surface area contributed by atoms with E-state index in [9.17, 15) is 9.59 Å². The fraction of sp³-hybridized carbons (Fsp3) is 0.467. The highest BCUT2D eigenvalue weighted by atomic mass is 16.1. The quantitative estimate of drug-likeness (QED) is 0.586. The molecule has 0 bridgehead atoms. The van der Waals surface area contributed by atoms with Gasteiger partial charge >= 0.3 is 0 Å². The van der Waals surface area contributed by atoms with E-state index in [0.29, 0.717) is 5.56 Å². The lowest BCUT2D eigenvalue weighted by molar-refractivity contribution is -0.122. The molecule has 1 aromatic carbocycles. The van der Waals surface area contributed by atoms with Gasteiger partial charge in [0, 0.05) is 11.5 Å². The summed E-state index contributed by atoms with van der Waals surface area (Å²) in [5.41, 5.74) is 0.650. The minimum absolute atomic E-state index is 0.0406. The van der Waals surface area contributed by atoms with Crippen LogP contribution in [0.25, 0.3) is 0 Å². The predicted octanol–water partition coefficient (Wildman–Crippen LogP) is 3.41. The fourth-order valence-electron chi connectivity index (χ4n) is 2.45. The Morgan fingerprint density at radius 2 is 1.65 bits per heavy atom. The number of carbonyl (C=O) groups is 2. The number of benzene rings is 1. The smallest absolute Gasteiger partial charge is 0.170 e. The summed E-state index contributed by atoms with van der Waals surface area (Å²) in [6, 6.07) is 9.09. The summed E-state index contributed by atoms with van der Waals surface area (Å²) >= 11 is 0. The minimum Gasteiger partial charge on any atom is -0.299 e. The van der Waals surface area contributed by atoms with Gasteiger partial charge < -0.3 is 0 Å². The molecule has 0 N–H and O–H groups in total. The molecule has 0 heterocycles. The summed E-state index contributed by atoms with van der Waals surface area (Å²) in [6.07, 6.45) is 5.53. The highest BCUT2D eigenvalue weighted by Crippen LogP contribution is 2.25. The van der Waals surface area contributed by atoms with E-state index in [1.807, 2.05) is 18.2 Å². The Kier molecular flexibility index (Phi) is 4.08. The van der Waals surface area contributed by atoms with Gasteiger partial charge in [-0.25, -0.2) is 0 Å². The molecule has 0 saturated heterocycles. The largest absolute Gasteiger partial charge is 0.299 e. The van der Waals surface area contributed by atoms with E-state index in [1.165, 1.54) is 6.42 Å². The second-order valence-electron chi connectivity index (χ2n) is 4.77. The van der Waals surface area contributed by atoms with Crippen molar-refractivity contribution in [1.82, 2.24) is 0 Å². The Bertz CT molecular complexity index is 389. The van der Waals surface area contributed by atoms with Crippen LogP contribution >= 0.6 is 0 Å². The second-order valence-corrected chi connectivity index (χ2v) is 4.77. The third-order valence-corrected chi connectivity index (χ3v) is 3.49. The molecule has 1 aromatic rings. The highest BCUT2D eigenvalue weighted by Gasteiger charge is 2.23. The van der Waals surface area contributed by atoms with Gasteiger partial charge in [0.1, 0.15) is 5.78 Å². The second kappa shape index (κ2) is 5.76. The van der Waals surface area contributed by atoms with Gasteiger partial charge in [-0.05, 0) is 12.8 Å². The molecule has 2 rings (SSSR count). The number of hydrogen-bond donors (Lipinski definition) is 0. The van der Waals surface area contributed by atoms with Crippen LogP contribution in [0.2, 0.25) is 0 Å². The maximum absolute atomic E-state index is 12.0. The number of rotatable bonds is 4. The molecule has 0 atom stereocenters. The summed E-state index contributed by atoms with van der Waals surface area (Å²) in [5.74, 6) is 0.233. The number of hydrogen-bond acceptors (Lipinski definition) is 2. The predicted molar refractivity (Wildman–Crippen MR) is 67.0 cm³/mol. The molecule has 0 aliphatic heterocycles. The molecule has 1 fully saturated rings. The van der Waals surface area contributed by atoms with Crippen molar-refractivity contribution in [3.05, 3.63) is 35.9 Å². The van der Waals surface area contributed by atoms with Gasteiger partial charge in [-0.15, -0.1) is 0 Å². The summed E-state index contributed by atoms with van der Waals surface area (Å²) in [5, 5.41) is 0. The van der Waals surface area contributed by atoms with Crippen molar-refractivity contribution >= 4 is 11.6 Å². The van der Waals surface area contributed by atoms with E-state index >= 15 is 0 Å². The van der Waals surface area contributed by atoms with Gasteiger partial charge in [0.05, 0.1) is 6.42 Å². The van der Waals surface area contributed by atoms with Gasteiger partial charge in [-0.1, -0.05) is 49.6 Å². The SMILES string of the molecule is O=C(CC(=O)C1CCCCC1)c1ccccc1. The Morgan fingerprint density at radius 3 is 2.29 bits per heavy atom. The van der Waals surface area contributed by atoms with Crippen LogP contribution < -0.4 is 0 Å². The molecule has 17 heavy (non-hydrogen) atoms. The average Bonchev–Trinajstić information content (AvgIpc) is 2.40. The molecule has 2 nitrogen and oxygen atoms in total. The third kappa shape index (κ3) is 3.26. The monoisotopic (exact) mass is 230 g/mol. The van der Waals surface area contributed by atoms with Crippen LogP contribution in [-0.4, -0.2) is 11.6 Å². The van der Waals surface area contributed by atoms with Gasteiger partial charge in [0.15, 0.2) is 5.78 Å². The maximum atomic E-state index is 12.0. The summed E-state index contributed by atoms with van der Waals surface area (Å²) in [4.78, 5) is 23.8. The number of Topliss-reactive ketones (excluding diaryl/α,β-unsaturated/α-hetero) is 2. The zero-order chi connectivity index (χ0) is 12.1. The average molecular weight is 230 g/mol. The van der Waals surface area contributed by atoms with E-state index in [4.69, 9.17) is 0 Å². The van der Waals surface area contributed by atoms with Gasteiger partial charge in [0.2, 0.25) is 0 Å². The lowest BCUT2D eigenvalue weighted by Gasteiger charge is -2.19. The van der Waals surface area contributed by atoms with Crippen LogP contribution in [-0.2, 0) is 4.79 Å². The topological polar surface area (TPSA) is 34.1 Å². The highest BCUT2D eigenvalue weighted by molar-refractivity contribution is 6.08. The van der Waals surface area contributed by atoms with Crippen molar-refractivity contribution in [3.63, 3.8) is 0 Å². The summed E-state index contributed by atoms with van der Waals surface area (Å²) in [7, 11) is 0. The van der Waals surface area contributed by atoms with Crippen LogP contribution in [0.15, 0.2) is 30.3 Å². The molecule has 0 radical (unpaired) electrons. The molecule has 1 saturated carbocycles. The van der Waals surface area contributed by atoms with Crippen LogP contribution in [0.4, 0.5) is 0 Å². The fourth-order valence-corrected chi connectivity index (χ4v) is 2.45. The first-order chi connectivity index (χ1) is 8.27. The normalized spacial score (nSPS) is 16.7. The first kappa shape index (κ1) is 12.0. The first-order valence-corrected chi connectivity index (χ1v) is 6.38. The summed E-state index contributed by atoms with van der Waals surface area (Å²) in [6.45, 7) is 0. The Balaban J connectivity index is 1.92. The molecule has 1 aliphatic carbocycles. The molecule has 90 valence electrons. The molecular formula is C15H18O2. The maximum Gasteiger partial charge on any atom is 0.170 e. The van der Waals surface area contributed by atoms with E-state index in [0.717, 1.165) is 25.7 Å². The Labute approximate surface area is 102 Å². The first-order valence-electron chi connectivity index (χ1n) is 6.38. The van der Waals surface area contributed by atoms with Crippen LogP contribution in [0.3, 0.4) is 0 Å². The van der Waals surface area contributed by atoms with Crippen molar-refractivity contribution < 1.29 is 9.59 Å². The van der Waals surface area contributed by atoms with Gasteiger partial charge in [0.25, 0.3) is 0 Å². The molecule has 0 aromatic heterocycles. The minimum atomic E-state index is -0.0406. The summed E-state index contributed by atoms with van der Waals surface area (Å²) < 4.78 is 0. The third-order valence-electron chi connectivity index (χ3n) is 3.49. The number of ketones is 2. The van der Waals surface area contributed by atoms with Crippen LogP contribution in [0.5, 0.6) is 0 Å². The lowest BCUT2D eigenvalue weighted by atomic mass is 9.84. The standard InChI is InChI=1S/C15H18O2/c16-14(12-7-3-1-4-8-12)11-15(17)13-9-5-2-6-10-13/h1,3-4,7-8,13H,2,5-6,9-11H2. The molecule has 2 heteroatoms.